The predicted molar refractivity (Wildman–Crippen MR) is 90.9 cm³/mol. The molecule has 3 aromatic rings. The second-order valence-electron chi connectivity index (χ2n) is 6.31. The summed E-state index contributed by atoms with van der Waals surface area (Å²) < 4.78 is 0.621. The summed E-state index contributed by atoms with van der Waals surface area (Å²) in [6.45, 7) is 0. The molecule has 0 aliphatic heterocycles. The van der Waals surface area contributed by atoms with E-state index in [2.05, 4.69) is 78.9 Å². The van der Waals surface area contributed by atoms with Crippen molar-refractivity contribution in [3.05, 3.63) is 101 Å². The van der Waals surface area contributed by atoms with Gasteiger partial charge in [0, 0.05) is 0 Å². The van der Waals surface area contributed by atoms with Crippen LogP contribution in [0.15, 0.2) is 78.4 Å². The standard InChI is InChI=1S/C22H15.3ClH.Hf/c1-2-8-16-14-17(13-15(16)7-1)22-20-11-5-3-9-18(20)19-10-4-6-12-21(19)22;;;;/h1-14,22H;3*1H;/q;;;;+3/p-3. The van der Waals surface area contributed by atoms with Crippen molar-refractivity contribution in [2.24, 2.45) is 0 Å². The molecule has 2 aliphatic rings. The summed E-state index contributed by atoms with van der Waals surface area (Å²) in [4.78, 5) is 0. The van der Waals surface area contributed by atoms with Crippen LogP contribution in [0.5, 0.6) is 0 Å². The van der Waals surface area contributed by atoms with Gasteiger partial charge in [0.1, 0.15) is 0 Å². The monoisotopic (exact) mass is 564 g/mol. The summed E-state index contributed by atoms with van der Waals surface area (Å²) in [5.41, 5.74) is 10.3. The first-order chi connectivity index (χ1) is 11.3. The van der Waals surface area contributed by atoms with Crippen LogP contribution < -0.4 is 37.2 Å². The molecule has 0 aromatic heterocycles. The fourth-order valence-electron chi connectivity index (χ4n) is 4.11. The van der Waals surface area contributed by atoms with E-state index in [9.17, 15) is 0 Å². The van der Waals surface area contributed by atoms with Crippen LogP contribution in [0.4, 0.5) is 0 Å². The normalized spacial score (nSPS) is 16.2. The zero-order chi connectivity index (χ0) is 15.4. The molecule has 1 unspecified atom stereocenters. The molecule has 3 aromatic carbocycles. The van der Waals surface area contributed by atoms with E-state index in [1.807, 2.05) is 0 Å². The van der Waals surface area contributed by atoms with Crippen LogP contribution in [-0.4, -0.2) is 0 Å². The Hall–Kier alpha value is -0.860. The molecule has 4 heteroatoms. The zero-order valence-electron chi connectivity index (χ0n) is 13.8. The van der Waals surface area contributed by atoms with E-state index < -0.39 is 0 Å². The molecule has 0 saturated carbocycles. The van der Waals surface area contributed by atoms with Gasteiger partial charge in [-0.05, 0) is 0 Å². The van der Waals surface area contributed by atoms with Gasteiger partial charge in [-0.25, -0.2) is 0 Å². The zero-order valence-corrected chi connectivity index (χ0v) is 19.7. The van der Waals surface area contributed by atoms with E-state index in [4.69, 9.17) is 0 Å². The van der Waals surface area contributed by atoms with Gasteiger partial charge in [0.15, 0.2) is 0 Å². The van der Waals surface area contributed by atoms with Crippen LogP contribution in [0.25, 0.3) is 17.2 Å². The van der Waals surface area contributed by atoms with Gasteiger partial charge >= 0.3 is 152 Å². The van der Waals surface area contributed by atoms with E-state index in [0.717, 1.165) is 24.4 Å². The molecule has 0 N–H and O–H groups in total. The van der Waals surface area contributed by atoms with Gasteiger partial charge in [-0.3, -0.25) is 0 Å². The second-order valence-corrected chi connectivity index (χ2v) is 8.39. The molecule has 0 amide bonds. The molecule has 0 saturated heterocycles. The number of fused-ring (bicyclic) bond motifs is 4. The number of hydrogen-bond acceptors (Lipinski definition) is 0. The molecule has 0 bridgehead atoms. The minimum atomic E-state index is 0. The summed E-state index contributed by atoms with van der Waals surface area (Å²) in [7, 11) is 0. The van der Waals surface area contributed by atoms with Gasteiger partial charge in [-0.1, -0.05) is 0 Å². The Bertz CT molecular complexity index is 919. The van der Waals surface area contributed by atoms with Crippen molar-refractivity contribution >= 4 is 6.08 Å². The van der Waals surface area contributed by atoms with Gasteiger partial charge in [0.05, 0.1) is 0 Å². The fraction of sp³-hybridized carbons (Fsp3) is 0.0909. The molecule has 0 radical (unpaired) electrons. The second kappa shape index (κ2) is 8.44. The molecular weight excluding hydrogens is 549 g/mol. The van der Waals surface area contributed by atoms with Crippen LogP contribution in [0.3, 0.4) is 0 Å². The van der Waals surface area contributed by atoms with Crippen molar-refractivity contribution < 1.29 is 61.6 Å². The molecule has 0 fully saturated rings. The maximum absolute atomic E-state index is 2.45. The van der Waals surface area contributed by atoms with Crippen molar-refractivity contribution in [3.8, 4) is 11.1 Å². The van der Waals surface area contributed by atoms with E-state index >= 15 is 0 Å². The molecule has 26 heavy (non-hydrogen) atoms. The topological polar surface area (TPSA) is 0 Å². The summed E-state index contributed by atoms with van der Waals surface area (Å²) in [6, 6.07) is 26.8. The summed E-state index contributed by atoms with van der Waals surface area (Å²) in [5.74, 6) is 0.428. The fourth-order valence-corrected chi connectivity index (χ4v) is 5.96. The number of hydrogen-bond donors (Lipinski definition) is 0. The van der Waals surface area contributed by atoms with Gasteiger partial charge in [0.2, 0.25) is 0 Å². The number of halogens is 3. The van der Waals surface area contributed by atoms with E-state index in [1.165, 1.54) is 33.4 Å². The molecule has 0 heterocycles. The quantitative estimate of drug-likeness (QED) is 0.270. The Labute approximate surface area is 187 Å². The molecule has 0 spiro atoms. The van der Waals surface area contributed by atoms with Gasteiger partial charge in [0.25, 0.3) is 0 Å². The molecule has 0 nitrogen and oxygen atoms in total. The van der Waals surface area contributed by atoms with Crippen LogP contribution in [0, 0.1) is 0 Å². The SMILES string of the molecule is [Cl-].[Cl-].[Cl-].[Hf+3][CH]1C(C2c3ccccc3-c3ccccc32)=Cc2ccccc21. The predicted octanol–water partition coefficient (Wildman–Crippen LogP) is -3.50. The third kappa shape index (κ3) is 3.14. The van der Waals surface area contributed by atoms with E-state index in [0.29, 0.717) is 9.59 Å². The van der Waals surface area contributed by atoms with Crippen LogP contribution in [0.1, 0.15) is 31.8 Å². The summed E-state index contributed by atoms with van der Waals surface area (Å²) in [5, 5.41) is 0. The number of rotatable bonds is 1. The number of benzene rings is 3. The van der Waals surface area contributed by atoms with Gasteiger partial charge < -0.3 is 37.2 Å². The van der Waals surface area contributed by atoms with E-state index in [1.54, 1.807) is 5.57 Å². The molecule has 2 aliphatic carbocycles. The van der Waals surface area contributed by atoms with Crippen molar-refractivity contribution in [3.63, 3.8) is 0 Å². The third-order valence-corrected chi connectivity index (χ3v) is 7.44. The summed E-state index contributed by atoms with van der Waals surface area (Å²) >= 11 is 1.16. The molecule has 5 rings (SSSR count). The van der Waals surface area contributed by atoms with Crippen LogP contribution >= 0.6 is 0 Å². The Morgan fingerprint density at radius 2 is 1.04 bits per heavy atom. The maximum atomic E-state index is 2.45. The van der Waals surface area contributed by atoms with Gasteiger partial charge in [-0.2, -0.15) is 0 Å². The van der Waals surface area contributed by atoms with Crippen molar-refractivity contribution in [2.75, 3.05) is 0 Å². The van der Waals surface area contributed by atoms with Crippen molar-refractivity contribution in [2.45, 2.75) is 9.59 Å². The third-order valence-electron chi connectivity index (χ3n) is 5.13. The minimum absolute atomic E-state index is 0. The molecular formula is C22H15Cl3Hf. The Balaban J connectivity index is 0.000000810. The first kappa shape index (κ1) is 21.4. The van der Waals surface area contributed by atoms with E-state index in [-0.39, 0.29) is 37.2 Å². The van der Waals surface area contributed by atoms with Crippen molar-refractivity contribution in [1.29, 1.82) is 0 Å². The Morgan fingerprint density at radius 1 is 0.577 bits per heavy atom. The average molecular weight is 564 g/mol. The Kier molecular flexibility index (Phi) is 6.96. The molecule has 128 valence electrons. The summed E-state index contributed by atoms with van der Waals surface area (Å²) in [6.07, 6.45) is 2.45. The first-order valence-electron chi connectivity index (χ1n) is 8.04. The Morgan fingerprint density at radius 3 is 1.58 bits per heavy atom. The molecule has 1 atom stereocenters. The first-order valence-corrected chi connectivity index (χ1v) is 10.1. The van der Waals surface area contributed by atoms with Gasteiger partial charge in [-0.15, -0.1) is 0 Å². The van der Waals surface area contributed by atoms with Crippen LogP contribution in [0.2, 0.25) is 0 Å². The van der Waals surface area contributed by atoms with Crippen LogP contribution in [-0.2, 0) is 24.4 Å². The number of allylic oxidation sites excluding steroid dienone is 1. The van der Waals surface area contributed by atoms with Crippen molar-refractivity contribution in [1.82, 2.24) is 0 Å². The average Bonchev–Trinajstić information content (AvgIpc) is 3.11.